The number of ketones is 1. The lowest BCUT2D eigenvalue weighted by Crippen LogP contribution is -2.31. The average Bonchev–Trinajstić information content (AvgIpc) is 3.36. The molecule has 30 heavy (non-hydrogen) atoms. The Morgan fingerprint density at radius 1 is 1.10 bits per heavy atom. The van der Waals surface area contributed by atoms with E-state index in [1.807, 2.05) is 0 Å². The smallest absolute Gasteiger partial charge is 0.294 e. The number of Topliss-reactive ketones (excluding diaryl/α,β-unsaturated/α-hetero) is 1. The minimum atomic E-state index is -0.871. The van der Waals surface area contributed by atoms with E-state index in [1.165, 1.54) is 24.2 Å². The minimum Gasteiger partial charge on any atom is -0.503 e. The molecule has 0 radical (unpaired) electrons. The molecule has 150 valence electrons. The van der Waals surface area contributed by atoms with Crippen molar-refractivity contribution in [1.82, 2.24) is 4.98 Å². The summed E-state index contributed by atoms with van der Waals surface area (Å²) in [5.74, 6) is -2.13. The SMILES string of the molecule is CC(=O)Nc1ccc(N2C(=O)C(O)=C(C(=O)c3ccco3)C2c2ccncc2)cc1. The zero-order valence-electron chi connectivity index (χ0n) is 15.9. The molecule has 1 aromatic carbocycles. The topological polar surface area (TPSA) is 113 Å². The van der Waals surface area contributed by atoms with Crippen LogP contribution in [0.4, 0.5) is 11.4 Å². The number of benzene rings is 1. The Morgan fingerprint density at radius 2 is 1.80 bits per heavy atom. The Hall–Kier alpha value is -4.20. The number of furan rings is 1. The number of nitrogens with one attached hydrogen (secondary N) is 1. The van der Waals surface area contributed by atoms with Crippen LogP contribution >= 0.6 is 0 Å². The fourth-order valence-corrected chi connectivity index (χ4v) is 3.41. The first-order valence-corrected chi connectivity index (χ1v) is 9.10. The predicted octanol–water partition coefficient (Wildman–Crippen LogP) is 3.42. The first kappa shape index (κ1) is 19.1. The maximum atomic E-state index is 13.0. The number of rotatable bonds is 5. The second kappa shape index (κ2) is 7.67. The number of aromatic nitrogens is 1. The van der Waals surface area contributed by atoms with Gasteiger partial charge in [0.25, 0.3) is 5.91 Å². The van der Waals surface area contributed by atoms with E-state index in [4.69, 9.17) is 4.42 Å². The number of aliphatic hydroxyl groups is 1. The van der Waals surface area contributed by atoms with Crippen molar-refractivity contribution in [3.63, 3.8) is 0 Å². The quantitative estimate of drug-likeness (QED) is 0.631. The van der Waals surface area contributed by atoms with Gasteiger partial charge in [0.1, 0.15) is 0 Å². The van der Waals surface area contributed by atoms with E-state index in [-0.39, 0.29) is 17.2 Å². The number of carbonyl (C=O) groups is 3. The third-order valence-corrected chi connectivity index (χ3v) is 4.69. The van der Waals surface area contributed by atoms with E-state index >= 15 is 0 Å². The molecule has 0 saturated carbocycles. The first-order chi connectivity index (χ1) is 14.5. The summed E-state index contributed by atoms with van der Waals surface area (Å²) in [5, 5.41) is 13.3. The zero-order valence-corrected chi connectivity index (χ0v) is 15.9. The maximum Gasteiger partial charge on any atom is 0.294 e. The highest BCUT2D eigenvalue weighted by Crippen LogP contribution is 2.41. The molecular weight excluding hydrogens is 386 g/mol. The Morgan fingerprint density at radius 3 is 2.40 bits per heavy atom. The summed E-state index contributed by atoms with van der Waals surface area (Å²) in [4.78, 5) is 42.6. The lowest BCUT2D eigenvalue weighted by Gasteiger charge is -2.26. The third-order valence-electron chi connectivity index (χ3n) is 4.69. The molecule has 0 saturated heterocycles. The summed E-state index contributed by atoms with van der Waals surface area (Å²) in [6.45, 7) is 1.39. The summed E-state index contributed by atoms with van der Waals surface area (Å²) in [6.07, 6.45) is 4.44. The number of aliphatic hydroxyl groups excluding tert-OH is 1. The van der Waals surface area contributed by atoms with Gasteiger partial charge in [-0.1, -0.05) is 0 Å². The Kier molecular flexibility index (Phi) is 4.89. The van der Waals surface area contributed by atoms with Gasteiger partial charge < -0.3 is 14.8 Å². The Bertz CT molecular complexity index is 1140. The van der Waals surface area contributed by atoms with Crippen molar-refractivity contribution in [2.75, 3.05) is 10.2 Å². The van der Waals surface area contributed by atoms with Gasteiger partial charge in [0, 0.05) is 30.7 Å². The van der Waals surface area contributed by atoms with Gasteiger partial charge in [0.05, 0.1) is 17.9 Å². The Balaban J connectivity index is 1.80. The number of hydrogen-bond donors (Lipinski definition) is 2. The summed E-state index contributed by atoms with van der Waals surface area (Å²) in [5.41, 5.74) is 1.53. The highest BCUT2D eigenvalue weighted by atomic mass is 16.3. The fourth-order valence-electron chi connectivity index (χ4n) is 3.41. The van der Waals surface area contributed by atoms with Gasteiger partial charge in [-0.3, -0.25) is 24.3 Å². The van der Waals surface area contributed by atoms with E-state index < -0.39 is 23.5 Å². The normalized spacial score (nSPS) is 16.1. The van der Waals surface area contributed by atoms with Gasteiger partial charge in [-0.15, -0.1) is 0 Å². The summed E-state index contributed by atoms with van der Waals surface area (Å²) >= 11 is 0. The number of amides is 2. The molecule has 0 fully saturated rings. The van der Waals surface area contributed by atoms with Crippen LogP contribution in [0, 0.1) is 0 Å². The summed E-state index contributed by atoms with van der Waals surface area (Å²) in [7, 11) is 0. The van der Waals surface area contributed by atoms with Crippen LogP contribution in [-0.4, -0.2) is 27.7 Å². The molecule has 1 unspecified atom stereocenters. The van der Waals surface area contributed by atoms with Crippen LogP contribution in [0.5, 0.6) is 0 Å². The molecule has 1 aliphatic rings. The molecule has 4 rings (SSSR count). The van der Waals surface area contributed by atoms with E-state index in [0.717, 1.165) is 0 Å². The van der Waals surface area contributed by atoms with Crippen LogP contribution in [0.3, 0.4) is 0 Å². The van der Waals surface area contributed by atoms with Crippen molar-refractivity contribution >= 4 is 29.0 Å². The molecule has 8 heteroatoms. The van der Waals surface area contributed by atoms with Crippen LogP contribution in [0.1, 0.15) is 29.1 Å². The molecule has 3 heterocycles. The summed E-state index contributed by atoms with van der Waals surface area (Å²) in [6, 6.07) is 12.0. The Labute approximate surface area is 171 Å². The molecule has 8 nitrogen and oxygen atoms in total. The summed E-state index contributed by atoms with van der Waals surface area (Å²) < 4.78 is 5.19. The van der Waals surface area contributed by atoms with Crippen LogP contribution < -0.4 is 10.2 Å². The molecule has 1 atom stereocenters. The van der Waals surface area contributed by atoms with Gasteiger partial charge >= 0.3 is 0 Å². The second-order valence-electron chi connectivity index (χ2n) is 6.66. The van der Waals surface area contributed by atoms with Crippen molar-refractivity contribution < 1.29 is 23.9 Å². The third kappa shape index (κ3) is 3.35. The molecule has 0 spiro atoms. The van der Waals surface area contributed by atoms with Gasteiger partial charge in [0.15, 0.2) is 11.5 Å². The zero-order chi connectivity index (χ0) is 21.3. The average molecular weight is 403 g/mol. The van der Waals surface area contributed by atoms with Gasteiger partial charge in [-0.2, -0.15) is 0 Å². The van der Waals surface area contributed by atoms with Crippen molar-refractivity contribution in [2.45, 2.75) is 13.0 Å². The van der Waals surface area contributed by atoms with Gasteiger partial charge in [0.2, 0.25) is 11.7 Å². The molecule has 2 N–H and O–H groups in total. The van der Waals surface area contributed by atoms with Crippen LogP contribution in [-0.2, 0) is 9.59 Å². The second-order valence-corrected chi connectivity index (χ2v) is 6.66. The number of nitrogens with zero attached hydrogens (tertiary/aromatic N) is 2. The van der Waals surface area contributed by atoms with E-state index in [1.54, 1.807) is 54.9 Å². The largest absolute Gasteiger partial charge is 0.503 e. The van der Waals surface area contributed by atoms with Crippen LogP contribution in [0.25, 0.3) is 0 Å². The number of carbonyl (C=O) groups excluding carboxylic acids is 3. The van der Waals surface area contributed by atoms with Crippen LogP contribution in [0.15, 0.2) is 82.9 Å². The van der Waals surface area contributed by atoms with Crippen molar-refractivity contribution in [1.29, 1.82) is 0 Å². The number of anilines is 2. The molecular formula is C22H17N3O5. The van der Waals surface area contributed by atoms with Crippen molar-refractivity contribution in [3.05, 3.63) is 89.8 Å². The fraction of sp³-hybridized carbons (Fsp3) is 0.0909. The lowest BCUT2D eigenvalue weighted by molar-refractivity contribution is -0.117. The molecule has 2 aromatic heterocycles. The number of pyridine rings is 1. The number of hydrogen-bond acceptors (Lipinski definition) is 6. The lowest BCUT2D eigenvalue weighted by atomic mass is 9.95. The standard InChI is InChI=1S/C22H17N3O5/c1-13(26)24-15-4-6-16(7-5-15)25-19(14-8-10-23-11-9-14)18(21(28)22(25)29)20(27)17-3-2-12-30-17/h2-12,19,28H,1H3,(H,24,26). The molecule has 3 aromatic rings. The van der Waals surface area contributed by atoms with Gasteiger partial charge in [-0.25, -0.2) is 0 Å². The highest BCUT2D eigenvalue weighted by molar-refractivity contribution is 6.20. The van der Waals surface area contributed by atoms with E-state index in [0.29, 0.717) is 16.9 Å². The maximum absolute atomic E-state index is 13.0. The monoisotopic (exact) mass is 403 g/mol. The highest BCUT2D eigenvalue weighted by Gasteiger charge is 2.45. The van der Waals surface area contributed by atoms with Crippen molar-refractivity contribution in [2.24, 2.45) is 0 Å². The van der Waals surface area contributed by atoms with Crippen molar-refractivity contribution in [3.8, 4) is 0 Å². The van der Waals surface area contributed by atoms with Crippen LogP contribution in [0.2, 0.25) is 0 Å². The van der Waals surface area contributed by atoms with Gasteiger partial charge in [-0.05, 0) is 54.1 Å². The van der Waals surface area contributed by atoms with E-state index in [9.17, 15) is 19.5 Å². The molecule has 1 aliphatic heterocycles. The minimum absolute atomic E-state index is 0.0197. The predicted molar refractivity (Wildman–Crippen MR) is 108 cm³/mol. The molecule has 0 aliphatic carbocycles. The van der Waals surface area contributed by atoms with E-state index in [2.05, 4.69) is 10.3 Å². The first-order valence-electron chi connectivity index (χ1n) is 9.10. The molecule has 0 bridgehead atoms. The molecule has 2 amide bonds.